The van der Waals surface area contributed by atoms with Gasteiger partial charge in [-0.25, -0.2) is 8.42 Å². The number of nitrogens with two attached hydrogens (primary N) is 1. The highest BCUT2D eigenvalue weighted by molar-refractivity contribution is 7.91. The molecule has 0 radical (unpaired) electrons. The molecule has 1 unspecified atom stereocenters. The van der Waals surface area contributed by atoms with Crippen LogP contribution in [0.15, 0.2) is 35.4 Å². The Kier molecular flexibility index (Phi) is 6.26. The number of nitriles is 1. The lowest BCUT2D eigenvalue weighted by Crippen LogP contribution is -2.22. The molecule has 2 aromatic rings. The predicted molar refractivity (Wildman–Crippen MR) is 105 cm³/mol. The molecule has 31 heavy (non-hydrogen) atoms. The number of aromatic nitrogens is 2. The number of benzene rings is 1. The van der Waals surface area contributed by atoms with Gasteiger partial charge in [0.25, 0.3) is 5.91 Å². The molecule has 3 N–H and O–H groups in total. The largest absolute Gasteiger partial charge is 0.403 e. The van der Waals surface area contributed by atoms with Crippen molar-refractivity contribution in [1.82, 2.24) is 9.78 Å². The van der Waals surface area contributed by atoms with Crippen LogP contribution in [0.25, 0.3) is 0 Å². The monoisotopic (exact) mass is 455 g/mol. The third-order valence-corrected chi connectivity index (χ3v) is 6.76. The minimum atomic E-state index is -4.85. The van der Waals surface area contributed by atoms with Crippen LogP contribution in [0.4, 0.5) is 24.7 Å². The fraction of sp³-hybridized carbons (Fsp3) is 0.421. The molecule has 2 atom stereocenters. The first-order valence-electron chi connectivity index (χ1n) is 9.45. The van der Waals surface area contributed by atoms with Crippen molar-refractivity contribution in [3.63, 3.8) is 0 Å². The smallest absolute Gasteiger partial charge is 0.365 e. The molecule has 1 aliphatic carbocycles. The molecule has 0 bridgehead atoms. The number of anilines is 2. The molecule has 1 fully saturated rings. The number of hydrogen-bond donors (Lipinski definition) is 2. The summed E-state index contributed by atoms with van der Waals surface area (Å²) in [7, 11) is -4.53. The molecule has 0 aliphatic heterocycles. The number of amides is 1. The minimum Gasteiger partial charge on any atom is -0.365 e. The van der Waals surface area contributed by atoms with Crippen LogP contribution in [0.1, 0.15) is 42.1 Å². The first-order valence-corrected chi connectivity index (χ1v) is 11.1. The van der Waals surface area contributed by atoms with Crippen LogP contribution in [-0.4, -0.2) is 36.0 Å². The van der Waals surface area contributed by atoms with Crippen LogP contribution in [0, 0.1) is 17.2 Å². The van der Waals surface area contributed by atoms with E-state index >= 15 is 0 Å². The highest BCUT2D eigenvalue weighted by atomic mass is 32.2. The van der Waals surface area contributed by atoms with E-state index in [0.717, 1.165) is 37.8 Å². The van der Waals surface area contributed by atoms with Gasteiger partial charge in [-0.1, -0.05) is 12.8 Å². The number of halogens is 3. The van der Waals surface area contributed by atoms with Crippen LogP contribution in [0.3, 0.4) is 0 Å². The number of carbonyl (C=O) groups excluding carboxylic acids is 1. The van der Waals surface area contributed by atoms with Crippen molar-refractivity contribution in [3.8, 4) is 6.07 Å². The van der Waals surface area contributed by atoms with Crippen molar-refractivity contribution in [2.24, 2.45) is 11.7 Å². The van der Waals surface area contributed by atoms with Crippen molar-refractivity contribution in [1.29, 1.82) is 5.26 Å². The average Bonchev–Trinajstić information content (AvgIpc) is 3.10. The second-order valence-corrected chi connectivity index (χ2v) is 9.34. The molecule has 166 valence electrons. The second-order valence-electron chi connectivity index (χ2n) is 7.35. The van der Waals surface area contributed by atoms with E-state index < -0.39 is 32.6 Å². The van der Waals surface area contributed by atoms with Crippen molar-refractivity contribution in [2.45, 2.75) is 42.8 Å². The topological polar surface area (TPSA) is 131 Å². The molecular weight excluding hydrogens is 435 g/mol. The Morgan fingerprint density at radius 1 is 1.26 bits per heavy atom. The zero-order valence-corrected chi connectivity index (χ0v) is 17.1. The van der Waals surface area contributed by atoms with Gasteiger partial charge >= 0.3 is 6.18 Å². The molecule has 3 rings (SSSR count). The molecule has 1 aliphatic rings. The molecule has 1 heterocycles. The summed E-state index contributed by atoms with van der Waals surface area (Å²) in [5, 5.41) is 16.6. The molecule has 12 heteroatoms. The third kappa shape index (κ3) is 5.35. The van der Waals surface area contributed by atoms with Crippen molar-refractivity contribution < 1.29 is 26.4 Å². The number of nitrogens with zero attached hydrogens (tertiary/aromatic N) is 3. The van der Waals surface area contributed by atoms with Gasteiger partial charge in [-0.05, 0) is 37.1 Å². The van der Waals surface area contributed by atoms with E-state index in [0.29, 0.717) is 5.69 Å². The summed E-state index contributed by atoms with van der Waals surface area (Å²) in [6.45, 7) is 0. The molecular formula is C19H20F3N5O3S. The van der Waals surface area contributed by atoms with Crippen LogP contribution < -0.4 is 11.1 Å². The molecule has 1 aromatic carbocycles. The van der Waals surface area contributed by atoms with Crippen molar-refractivity contribution in [2.75, 3.05) is 11.1 Å². The standard InChI is InChI=1S/C19H20F3N5O3S/c20-19(21,22)11-31(29,30)14-7-5-13(6-8-14)25-18-15(17(24)28)10-27(26-18)16-4-2-1-3-12(16)9-23/h5-8,10,12,16H,1-4,11H2,(H2,24,28)(H,25,26)/t12?,16-/m1/s1. The first kappa shape index (κ1) is 22.6. The number of rotatable bonds is 6. The lowest BCUT2D eigenvalue weighted by Gasteiger charge is -2.26. The minimum absolute atomic E-state index is 0.0797. The summed E-state index contributed by atoms with van der Waals surface area (Å²) in [5.74, 6) is -2.84. The van der Waals surface area contributed by atoms with Gasteiger partial charge in [-0.15, -0.1) is 0 Å². The fourth-order valence-corrected chi connectivity index (χ4v) is 4.74. The van der Waals surface area contributed by atoms with E-state index in [4.69, 9.17) is 5.73 Å². The van der Waals surface area contributed by atoms with Crippen molar-refractivity contribution >= 4 is 27.2 Å². The summed E-state index contributed by atoms with van der Waals surface area (Å²) >= 11 is 0. The zero-order valence-electron chi connectivity index (χ0n) is 16.3. The van der Waals surface area contributed by atoms with E-state index in [-0.39, 0.29) is 23.3 Å². The number of nitrogens with one attached hydrogen (secondary N) is 1. The summed E-state index contributed by atoms with van der Waals surface area (Å²) in [6, 6.07) is 6.67. The van der Waals surface area contributed by atoms with Gasteiger partial charge in [0.1, 0.15) is 5.56 Å². The van der Waals surface area contributed by atoms with Crippen LogP contribution in [-0.2, 0) is 9.84 Å². The Morgan fingerprint density at radius 2 is 1.90 bits per heavy atom. The molecule has 0 saturated heterocycles. The van der Waals surface area contributed by atoms with Gasteiger partial charge in [0.2, 0.25) is 0 Å². The average molecular weight is 455 g/mol. The molecule has 1 saturated carbocycles. The van der Waals surface area contributed by atoms with Gasteiger partial charge in [-0.3, -0.25) is 9.48 Å². The maximum absolute atomic E-state index is 12.5. The number of primary amides is 1. The molecule has 8 nitrogen and oxygen atoms in total. The maximum atomic E-state index is 12.5. The first-order chi connectivity index (χ1) is 14.5. The maximum Gasteiger partial charge on any atom is 0.403 e. The highest BCUT2D eigenvalue weighted by Crippen LogP contribution is 2.34. The highest BCUT2D eigenvalue weighted by Gasteiger charge is 2.36. The summed E-state index contributed by atoms with van der Waals surface area (Å²) in [5.41, 5.74) is 5.82. The molecule has 0 spiro atoms. The van der Waals surface area contributed by atoms with E-state index in [1.54, 1.807) is 0 Å². The zero-order chi connectivity index (χ0) is 22.8. The van der Waals surface area contributed by atoms with E-state index in [1.807, 2.05) is 0 Å². The van der Waals surface area contributed by atoms with Gasteiger partial charge in [0.05, 0.1) is 22.9 Å². The Labute approximate surface area is 176 Å². The van der Waals surface area contributed by atoms with Gasteiger partial charge in [0, 0.05) is 11.9 Å². The van der Waals surface area contributed by atoms with Gasteiger partial charge in [-0.2, -0.15) is 23.5 Å². The fourth-order valence-electron chi connectivity index (χ4n) is 3.59. The number of carbonyl (C=O) groups is 1. The number of sulfone groups is 1. The molecule has 1 amide bonds. The van der Waals surface area contributed by atoms with E-state index in [9.17, 15) is 31.6 Å². The van der Waals surface area contributed by atoms with Crippen LogP contribution in [0.2, 0.25) is 0 Å². The third-order valence-electron chi connectivity index (χ3n) is 5.06. The Bertz CT molecular complexity index is 1100. The summed E-state index contributed by atoms with van der Waals surface area (Å²) < 4.78 is 62.6. The normalized spacial score (nSPS) is 19.5. The van der Waals surface area contributed by atoms with Gasteiger partial charge in [0.15, 0.2) is 21.4 Å². The summed E-state index contributed by atoms with van der Waals surface area (Å²) in [4.78, 5) is 11.4. The molecule has 1 aromatic heterocycles. The Balaban J connectivity index is 1.85. The van der Waals surface area contributed by atoms with Gasteiger partial charge < -0.3 is 11.1 Å². The van der Waals surface area contributed by atoms with E-state index in [2.05, 4.69) is 16.5 Å². The van der Waals surface area contributed by atoms with Crippen LogP contribution in [0.5, 0.6) is 0 Å². The van der Waals surface area contributed by atoms with E-state index in [1.165, 1.54) is 23.0 Å². The number of hydrogen-bond acceptors (Lipinski definition) is 6. The summed E-state index contributed by atoms with van der Waals surface area (Å²) in [6.07, 6.45) is -0.0714. The SMILES string of the molecule is N#CC1CCCC[C@H]1n1cc(C(N)=O)c(Nc2ccc(S(=O)(=O)CC(F)(F)F)cc2)n1. The second kappa shape index (κ2) is 8.58. The lowest BCUT2D eigenvalue weighted by molar-refractivity contribution is -0.106. The quantitative estimate of drug-likeness (QED) is 0.687. The Morgan fingerprint density at radius 3 is 2.48 bits per heavy atom. The number of alkyl halides is 3. The Hall–Kier alpha value is -3.07. The van der Waals surface area contributed by atoms with Crippen molar-refractivity contribution in [3.05, 3.63) is 36.0 Å². The predicted octanol–water partition coefficient (Wildman–Crippen LogP) is 3.32. The van der Waals surface area contributed by atoms with Crippen LogP contribution >= 0.6 is 0 Å². The lowest BCUT2D eigenvalue weighted by atomic mass is 9.85.